The molecule has 1 saturated heterocycles. The molecule has 5 nitrogen and oxygen atoms in total. The molecule has 2 aliphatic rings. The van der Waals surface area contributed by atoms with Gasteiger partial charge in [0.2, 0.25) is 5.91 Å². The minimum absolute atomic E-state index is 0.0551. The van der Waals surface area contributed by atoms with Crippen LogP contribution < -0.4 is 10.2 Å². The SMILES string of the molecule is CC(C)N1CCN(c2ccc(N=CC3C(=O)Nc4cccc(F)c43)cc2C(F)(F)F)CC1. The maximum absolute atomic E-state index is 14.2. The van der Waals surface area contributed by atoms with Crippen molar-refractivity contribution in [3.05, 3.63) is 53.3 Å². The van der Waals surface area contributed by atoms with Gasteiger partial charge in [-0.2, -0.15) is 13.2 Å². The van der Waals surface area contributed by atoms with Crippen LogP contribution >= 0.6 is 0 Å². The predicted molar refractivity (Wildman–Crippen MR) is 116 cm³/mol. The Bertz CT molecular complexity index is 1040. The molecular weight excluding hydrogens is 424 g/mol. The number of amides is 1. The smallest absolute Gasteiger partial charge is 0.368 e. The standard InChI is InChI=1S/C23H24F4N4O/c1-14(2)30-8-10-31(11-9-30)20-7-6-15(12-17(20)23(25,26)27)28-13-16-21-18(24)4-3-5-19(21)29-22(16)32/h3-7,12-14,16H,8-11H2,1-2H3,(H,29,32). The van der Waals surface area contributed by atoms with Crippen molar-refractivity contribution in [2.24, 2.45) is 4.99 Å². The van der Waals surface area contributed by atoms with Crippen molar-refractivity contribution >= 4 is 29.2 Å². The second kappa shape index (κ2) is 8.54. The minimum Gasteiger partial charge on any atom is -0.368 e. The Balaban J connectivity index is 1.60. The molecular formula is C23H24F4N4O. The zero-order valence-electron chi connectivity index (χ0n) is 17.8. The minimum atomic E-state index is -4.56. The number of nitrogens with one attached hydrogen (secondary N) is 1. The zero-order chi connectivity index (χ0) is 23.0. The molecule has 0 radical (unpaired) electrons. The Morgan fingerprint density at radius 2 is 1.84 bits per heavy atom. The lowest BCUT2D eigenvalue weighted by atomic mass is 10.0. The molecule has 0 bridgehead atoms. The quantitative estimate of drug-likeness (QED) is 0.539. The van der Waals surface area contributed by atoms with Gasteiger partial charge in [-0.25, -0.2) is 4.39 Å². The summed E-state index contributed by atoms with van der Waals surface area (Å²) in [5.74, 6) is -2.03. The number of aliphatic imine (C=N–C) groups is 1. The van der Waals surface area contributed by atoms with Crippen LogP contribution in [0.25, 0.3) is 0 Å². The molecule has 1 amide bonds. The summed E-state index contributed by atoms with van der Waals surface area (Å²) in [7, 11) is 0. The maximum Gasteiger partial charge on any atom is 0.418 e. The van der Waals surface area contributed by atoms with E-state index < -0.39 is 29.4 Å². The van der Waals surface area contributed by atoms with Crippen LogP contribution in [0.15, 0.2) is 41.4 Å². The number of hydrogen-bond donors (Lipinski definition) is 1. The van der Waals surface area contributed by atoms with Crippen molar-refractivity contribution in [3.8, 4) is 0 Å². The van der Waals surface area contributed by atoms with E-state index in [9.17, 15) is 22.4 Å². The summed E-state index contributed by atoms with van der Waals surface area (Å²) in [5, 5.41) is 2.56. The Morgan fingerprint density at radius 3 is 2.50 bits per heavy atom. The summed E-state index contributed by atoms with van der Waals surface area (Å²) in [4.78, 5) is 20.3. The summed E-state index contributed by atoms with van der Waals surface area (Å²) >= 11 is 0. The third-order valence-corrected chi connectivity index (χ3v) is 5.95. The molecule has 1 unspecified atom stereocenters. The predicted octanol–water partition coefficient (Wildman–Crippen LogP) is 4.81. The van der Waals surface area contributed by atoms with Crippen molar-refractivity contribution < 1.29 is 22.4 Å². The number of benzene rings is 2. The molecule has 2 aromatic rings. The van der Waals surface area contributed by atoms with Crippen LogP contribution in [0.1, 0.15) is 30.9 Å². The summed E-state index contributed by atoms with van der Waals surface area (Å²) in [5.41, 5.74) is -0.0998. The first kappa shape index (κ1) is 22.3. The Hall–Kier alpha value is -2.94. The topological polar surface area (TPSA) is 47.9 Å². The molecule has 0 aromatic heterocycles. The molecule has 0 saturated carbocycles. The third kappa shape index (κ3) is 4.34. The number of nitrogens with zero attached hydrogens (tertiary/aromatic N) is 3. The lowest BCUT2D eigenvalue weighted by Gasteiger charge is -2.39. The normalized spacial score (nSPS) is 19.7. The Labute approximate surface area is 183 Å². The first-order valence-corrected chi connectivity index (χ1v) is 10.5. The van der Waals surface area contributed by atoms with Gasteiger partial charge in [-0.15, -0.1) is 0 Å². The molecule has 4 rings (SSSR count). The Morgan fingerprint density at radius 1 is 1.12 bits per heavy atom. The van der Waals surface area contributed by atoms with Gasteiger partial charge in [0.15, 0.2) is 0 Å². The number of anilines is 2. The highest BCUT2D eigenvalue weighted by molar-refractivity contribution is 6.12. The van der Waals surface area contributed by atoms with E-state index in [1.807, 2.05) is 0 Å². The molecule has 32 heavy (non-hydrogen) atoms. The van der Waals surface area contributed by atoms with E-state index in [0.717, 1.165) is 6.07 Å². The number of carbonyl (C=O) groups excluding carboxylic acids is 1. The monoisotopic (exact) mass is 448 g/mol. The van der Waals surface area contributed by atoms with E-state index in [4.69, 9.17) is 0 Å². The lowest BCUT2D eigenvalue weighted by Crippen LogP contribution is -2.49. The van der Waals surface area contributed by atoms with Crippen LogP contribution in [0.3, 0.4) is 0 Å². The molecule has 9 heteroatoms. The zero-order valence-corrected chi connectivity index (χ0v) is 17.8. The molecule has 1 atom stereocenters. The van der Waals surface area contributed by atoms with Crippen LogP contribution in [-0.4, -0.2) is 49.2 Å². The van der Waals surface area contributed by atoms with Crippen molar-refractivity contribution in [1.29, 1.82) is 0 Å². The lowest BCUT2D eigenvalue weighted by molar-refractivity contribution is -0.137. The first-order valence-electron chi connectivity index (χ1n) is 10.5. The Kier molecular flexibility index (Phi) is 5.94. The summed E-state index contributed by atoms with van der Waals surface area (Å²) < 4.78 is 55.7. The summed E-state index contributed by atoms with van der Waals surface area (Å²) in [6.45, 7) is 6.52. The number of hydrogen-bond acceptors (Lipinski definition) is 4. The van der Waals surface area contributed by atoms with Crippen molar-refractivity contribution in [3.63, 3.8) is 0 Å². The van der Waals surface area contributed by atoms with E-state index in [1.54, 1.807) is 11.0 Å². The number of alkyl halides is 3. The first-order chi connectivity index (χ1) is 15.1. The van der Waals surface area contributed by atoms with E-state index in [1.165, 1.54) is 30.5 Å². The molecule has 0 aliphatic carbocycles. The van der Waals surface area contributed by atoms with Crippen molar-refractivity contribution in [2.45, 2.75) is 32.0 Å². The van der Waals surface area contributed by atoms with Gasteiger partial charge >= 0.3 is 6.18 Å². The van der Waals surface area contributed by atoms with Crippen LogP contribution in [-0.2, 0) is 11.0 Å². The van der Waals surface area contributed by atoms with Gasteiger partial charge < -0.3 is 10.2 Å². The molecule has 1 fully saturated rings. The molecule has 170 valence electrons. The van der Waals surface area contributed by atoms with Crippen molar-refractivity contribution in [2.75, 3.05) is 36.4 Å². The highest BCUT2D eigenvalue weighted by Gasteiger charge is 2.36. The number of carbonyl (C=O) groups is 1. The van der Waals surface area contributed by atoms with E-state index in [0.29, 0.717) is 37.9 Å². The van der Waals surface area contributed by atoms with Gasteiger partial charge in [-0.3, -0.25) is 14.7 Å². The number of halogens is 4. The summed E-state index contributed by atoms with van der Waals surface area (Å²) in [6, 6.07) is 8.52. The maximum atomic E-state index is 14.2. The van der Waals surface area contributed by atoms with Gasteiger partial charge in [0, 0.05) is 55.4 Å². The molecule has 2 heterocycles. The van der Waals surface area contributed by atoms with E-state index in [-0.39, 0.29) is 16.9 Å². The fraction of sp³-hybridized carbons (Fsp3) is 0.391. The molecule has 1 N–H and O–H groups in total. The number of piperazine rings is 1. The molecule has 0 spiro atoms. The van der Waals surface area contributed by atoms with Gasteiger partial charge in [-0.1, -0.05) is 6.07 Å². The van der Waals surface area contributed by atoms with Crippen LogP contribution in [0.5, 0.6) is 0 Å². The largest absolute Gasteiger partial charge is 0.418 e. The molecule has 2 aliphatic heterocycles. The van der Waals surface area contributed by atoms with E-state index in [2.05, 4.69) is 29.1 Å². The summed E-state index contributed by atoms with van der Waals surface area (Å²) in [6.07, 6.45) is -3.36. The van der Waals surface area contributed by atoms with Crippen LogP contribution in [0, 0.1) is 5.82 Å². The molecule has 2 aromatic carbocycles. The van der Waals surface area contributed by atoms with Gasteiger partial charge in [0.05, 0.1) is 11.3 Å². The highest BCUT2D eigenvalue weighted by atomic mass is 19.4. The average molecular weight is 448 g/mol. The van der Waals surface area contributed by atoms with Crippen LogP contribution in [0.4, 0.5) is 34.6 Å². The van der Waals surface area contributed by atoms with Crippen LogP contribution in [0.2, 0.25) is 0 Å². The third-order valence-electron chi connectivity index (χ3n) is 5.95. The fourth-order valence-corrected chi connectivity index (χ4v) is 4.19. The highest BCUT2D eigenvalue weighted by Crippen LogP contribution is 2.40. The van der Waals surface area contributed by atoms with Gasteiger partial charge in [0.25, 0.3) is 0 Å². The second-order valence-electron chi connectivity index (χ2n) is 8.26. The number of rotatable bonds is 4. The second-order valence-corrected chi connectivity index (χ2v) is 8.26. The average Bonchev–Trinajstić information content (AvgIpc) is 3.08. The van der Waals surface area contributed by atoms with E-state index >= 15 is 0 Å². The number of fused-ring (bicyclic) bond motifs is 1. The fourth-order valence-electron chi connectivity index (χ4n) is 4.19. The van der Waals surface area contributed by atoms with Gasteiger partial charge in [0.1, 0.15) is 11.7 Å². The van der Waals surface area contributed by atoms with Gasteiger partial charge in [-0.05, 0) is 44.2 Å². The van der Waals surface area contributed by atoms with Crippen molar-refractivity contribution in [1.82, 2.24) is 4.90 Å².